The average Bonchev–Trinajstić information content (AvgIpc) is 2.65. The number of para-hydroxylation sites is 1. The largest absolute Gasteiger partial charge is 0.364 e. The molecule has 6 heteroatoms. The van der Waals surface area contributed by atoms with Gasteiger partial charge in [-0.1, -0.05) is 60.7 Å². The van der Waals surface area contributed by atoms with Crippen LogP contribution in [0.2, 0.25) is 0 Å². The summed E-state index contributed by atoms with van der Waals surface area (Å²) in [5.74, 6) is -0.447. The number of hydrogen-bond acceptors (Lipinski definition) is 3. The van der Waals surface area contributed by atoms with Gasteiger partial charge in [0, 0.05) is 12.1 Å². The summed E-state index contributed by atoms with van der Waals surface area (Å²) in [4.78, 5) is 0.198. The van der Waals surface area contributed by atoms with Crippen LogP contribution in [0, 0.1) is 5.82 Å². The molecule has 3 aromatic rings. The van der Waals surface area contributed by atoms with Gasteiger partial charge < -0.3 is 5.32 Å². The summed E-state index contributed by atoms with van der Waals surface area (Å²) >= 11 is 0. The Balaban J connectivity index is 1.86. The number of benzene rings is 3. The van der Waals surface area contributed by atoms with Gasteiger partial charge in [0.15, 0.2) is 0 Å². The summed E-state index contributed by atoms with van der Waals surface area (Å²) in [6, 6.07) is 22.2. The summed E-state index contributed by atoms with van der Waals surface area (Å²) in [6.45, 7) is 0.142. The van der Waals surface area contributed by atoms with E-state index in [1.807, 2.05) is 30.3 Å². The van der Waals surface area contributed by atoms with E-state index in [9.17, 15) is 12.8 Å². The molecule has 0 aliphatic carbocycles. The van der Waals surface area contributed by atoms with Crippen LogP contribution in [0.15, 0.2) is 83.8 Å². The molecule has 0 amide bonds. The molecule has 1 aliphatic heterocycles. The van der Waals surface area contributed by atoms with E-state index in [-0.39, 0.29) is 11.4 Å². The van der Waals surface area contributed by atoms with E-state index < -0.39 is 22.0 Å². The zero-order valence-corrected chi connectivity index (χ0v) is 14.7. The molecule has 0 fully saturated rings. The van der Waals surface area contributed by atoms with Crippen LogP contribution in [0.25, 0.3) is 0 Å². The third kappa shape index (κ3) is 2.87. The Kier molecular flexibility index (Phi) is 4.22. The highest BCUT2D eigenvalue weighted by atomic mass is 32.2. The molecule has 0 spiro atoms. The van der Waals surface area contributed by atoms with Crippen LogP contribution in [-0.2, 0) is 16.6 Å². The first-order valence-corrected chi connectivity index (χ1v) is 9.67. The van der Waals surface area contributed by atoms with Gasteiger partial charge in [0.1, 0.15) is 16.9 Å². The Labute approximate surface area is 152 Å². The van der Waals surface area contributed by atoms with Crippen LogP contribution in [0.5, 0.6) is 0 Å². The van der Waals surface area contributed by atoms with Crippen LogP contribution < -0.4 is 5.32 Å². The second-order valence-corrected chi connectivity index (χ2v) is 7.96. The normalized spacial score (nSPS) is 18.7. The summed E-state index contributed by atoms with van der Waals surface area (Å²) in [5, 5.41) is 3.19. The van der Waals surface area contributed by atoms with Crippen molar-refractivity contribution < 1.29 is 12.8 Å². The maximum Gasteiger partial charge on any atom is 0.247 e. The summed E-state index contributed by atoms with van der Waals surface area (Å²) in [5.41, 5.74) is 1.60. The second-order valence-electron chi connectivity index (χ2n) is 6.10. The molecule has 4 nitrogen and oxygen atoms in total. The lowest BCUT2D eigenvalue weighted by Gasteiger charge is -2.37. The first-order chi connectivity index (χ1) is 12.6. The van der Waals surface area contributed by atoms with E-state index in [0.717, 1.165) is 5.56 Å². The fourth-order valence-electron chi connectivity index (χ4n) is 3.16. The van der Waals surface area contributed by atoms with E-state index in [1.54, 1.807) is 42.5 Å². The van der Waals surface area contributed by atoms with Crippen molar-refractivity contribution >= 4 is 15.7 Å². The molecule has 4 rings (SSSR count). The van der Waals surface area contributed by atoms with Gasteiger partial charge in [-0.15, -0.1) is 0 Å². The zero-order valence-electron chi connectivity index (χ0n) is 13.8. The van der Waals surface area contributed by atoms with Gasteiger partial charge in [0.25, 0.3) is 0 Å². The molecule has 1 aliphatic rings. The van der Waals surface area contributed by atoms with E-state index >= 15 is 0 Å². The highest BCUT2D eigenvalue weighted by molar-refractivity contribution is 7.89. The predicted molar refractivity (Wildman–Crippen MR) is 98.4 cm³/mol. The van der Waals surface area contributed by atoms with Gasteiger partial charge in [-0.05, 0) is 23.8 Å². The van der Waals surface area contributed by atoms with Gasteiger partial charge >= 0.3 is 0 Å². The Morgan fingerprint density at radius 1 is 0.885 bits per heavy atom. The molecule has 0 aromatic heterocycles. The van der Waals surface area contributed by atoms with Crippen molar-refractivity contribution in [3.63, 3.8) is 0 Å². The molecule has 0 saturated carbocycles. The minimum Gasteiger partial charge on any atom is -0.364 e. The van der Waals surface area contributed by atoms with Crippen molar-refractivity contribution in [2.45, 2.75) is 17.6 Å². The Morgan fingerprint density at radius 3 is 2.31 bits per heavy atom. The number of rotatable bonds is 3. The predicted octanol–water partition coefficient (Wildman–Crippen LogP) is 4.14. The van der Waals surface area contributed by atoms with E-state index in [2.05, 4.69) is 5.32 Å². The quantitative estimate of drug-likeness (QED) is 0.756. The Bertz CT molecular complexity index is 1040. The highest BCUT2D eigenvalue weighted by Crippen LogP contribution is 2.39. The van der Waals surface area contributed by atoms with Crippen molar-refractivity contribution in [1.29, 1.82) is 0 Å². The van der Waals surface area contributed by atoms with E-state index in [0.29, 0.717) is 11.3 Å². The number of sulfonamides is 1. The lowest BCUT2D eigenvalue weighted by atomic mass is 10.1. The van der Waals surface area contributed by atoms with Crippen molar-refractivity contribution in [3.8, 4) is 0 Å². The lowest BCUT2D eigenvalue weighted by molar-refractivity contribution is 0.329. The summed E-state index contributed by atoms with van der Waals surface area (Å²) in [6.07, 6.45) is -0.823. The first kappa shape index (κ1) is 16.8. The molecule has 132 valence electrons. The summed E-state index contributed by atoms with van der Waals surface area (Å²) in [7, 11) is -3.79. The van der Waals surface area contributed by atoms with Crippen LogP contribution in [0.1, 0.15) is 17.3 Å². The van der Waals surface area contributed by atoms with E-state index in [4.69, 9.17) is 0 Å². The van der Waals surface area contributed by atoms with Gasteiger partial charge in [-0.25, -0.2) is 12.8 Å². The fraction of sp³-hybridized carbons (Fsp3) is 0.100. The maximum atomic E-state index is 14.5. The summed E-state index contributed by atoms with van der Waals surface area (Å²) < 4.78 is 42.3. The van der Waals surface area contributed by atoms with Gasteiger partial charge in [-0.3, -0.25) is 0 Å². The highest BCUT2D eigenvalue weighted by Gasteiger charge is 2.39. The second kappa shape index (κ2) is 6.55. The molecule has 0 saturated heterocycles. The van der Waals surface area contributed by atoms with Crippen molar-refractivity contribution in [2.24, 2.45) is 0 Å². The number of nitrogens with zero attached hydrogens (tertiary/aromatic N) is 1. The first-order valence-electron chi connectivity index (χ1n) is 8.23. The minimum atomic E-state index is -3.79. The Hall–Kier alpha value is -2.70. The number of halogens is 1. The number of fused-ring (bicyclic) bond motifs is 1. The van der Waals surface area contributed by atoms with Gasteiger partial charge in [0.05, 0.1) is 5.69 Å². The molecule has 0 bridgehead atoms. The monoisotopic (exact) mass is 368 g/mol. The molecule has 1 N–H and O–H groups in total. The van der Waals surface area contributed by atoms with Crippen LogP contribution in [0.3, 0.4) is 0 Å². The zero-order chi connectivity index (χ0) is 18.1. The van der Waals surface area contributed by atoms with Crippen molar-refractivity contribution in [1.82, 2.24) is 4.31 Å². The Morgan fingerprint density at radius 2 is 1.54 bits per heavy atom. The molecular formula is C20H17FN2O2S. The average molecular weight is 368 g/mol. The standard InChI is InChI=1S/C20H17FN2O2S/c21-17-11-5-4-10-16(17)20-22-18-12-6-7-13-19(18)26(24,25)23(20)14-15-8-2-1-3-9-15/h1-13,20,22H,14H2/t20-/m0/s1. The van der Waals surface area contributed by atoms with Crippen LogP contribution >= 0.6 is 0 Å². The molecule has 0 radical (unpaired) electrons. The fourth-order valence-corrected chi connectivity index (χ4v) is 4.84. The number of hydrogen-bond donors (Lipinski definition) is 1. The third-order valence-electron chi connectivity index (χ3n) is 4.43. The molecule has 26 heavy (non-hydrogen) atoms. The van der Waals surface area contributed by atoms with Crippen molar-refractivity contribution in [2.75, 3.05) is 5.32 Å². The van der Waals surface area contributed by atoms with E-state index in [1.165, 1.54) is 10.4 Å². The molecular weight excluding hydrogens is 351 g/mol. The van der Waals surface area contributed by atoms with Crippen molar-refractivity contribution in [3.05, 3.63) is 95.8 Å². The molecule has 1 atom stereocenters. The SMILES string of the molecule is O=S1(=O)c2ccccc2N[C@H](c2ccccc2F)N1Cc1ccccc1. The topological polar surface area (TPSA) is 49.4 Å². The third-order valence-corrected chi connectivity index (χ3v) is 6.30. The molecule has 1 heterocycles. The molecule has 3 aromatic carbocycles. The number of nitrogens with one attached hydrogen (secondary N) is 1. The van der Waals surface area contributed by atoms with Crippen LogP contribution in [-0.4, -0.2) is 12.7 Å². The van der Waals surface area contributed by atoms with Gasteiger partial charge in [0.2, 0.25) is 10.0 Å². The van der Waals surface area contributed by atoms with Gasteiger partial charge in [-0.2, -0.15) is 4.31 Å². The maximum absolute atomic E-state index is 14.5. The van der Waals surface area contributed by atoms with Crippen LogP contribution in [0.4, 0.5) is 10.1 Å². The molecule has 0 unspecified atom stereocenters. The number of anilines is 1. The smallest absolute Gasteiger partial charge is 0.247 e. The lowest BCUT2D eigenvalue weighted by Crippen LogP contribution is -2.42. The minimum absolute atomic E-state index is 0.142.